The maximum Gasteiger partial charge on any atom is 0.472 e. The van der Waals surface area contributed by atoms with E-state index in [9.17, 15) is 43.2 Å². The second kappa shape index (κ2) is 53.1. The Morgan fingerprint density at radius 1 is 0.346 bits per heavy atom. The maximum absolute atomic E-state index is 12.9. The van der Waals surface area contributed by atoms with Gasteiger partial charge in [0, 0.05) is 25.7 Å². The third kappa shape index (κ3) is 53.4. The number of hydrogen-bond acceptors (Lipinski definition) is 15. The third-order valence-electron chi connectivity index (χ3n) is 13.5. The molecule has 0 aromatic carbocycles. The highest BCUT2D eigenvalue weighted by Gasteiger charge is 2.30. The summed E-state index contributed by atoms with van der Waals surface area (Å²) in [5.74, 6) is -1.47. The van der Waals surface area contributed by atoms with Crippen molar-refractivity contribution in [3.63, 3.8) is 0 Å². The van der Waals surface area contributed by atoms with Gasteiger partial charge in [0.2, 0.25) is 0 Å². The second-order valence-electron chi connectivity index (χ2n) is 21.9. The molecule has 3 N–H and O–H groups in total. The summed E-state index contributed by atoms with van der Waals surface area (Å²) < 4.78 is 67.5. The molecule has 0 aliphatic rings. The van der Waals surface area contributed by atoms with E-state index in [-0.39, 0.29) is 25.7 Å². The number of phosphoric acid groups is 2. The number of aliphatic hydroxyl groups is 1. The van der Waals surface area contributed by atoms with Crippen molar-refractivity contribution >= 4 is 39.5 Å². The van der Waals surface area contributed by atoms with E-state index in [1.165, 1.54) is 103 Å². The lowest BCUT2D eigenvalue weighted by Gasteiger charge is -2.21. The van der Waals surface area contributed by atoms with Crippen LogP contribution in [0, 0.1) is 5.92 Å². The Labute approximate surface area is 473 Å². The molecule has 462 valence electrons. The number of carbonyl (C=O) groups is 4. The average Bonchev–Trinajstić information content (AvgIpc) is 3.40. The van der Waals surface area contributed by atoms with Crippen molar-refractivity contribution in [2.45, 2.75) is 310 Å². The third-order valence-corrected chi connectivity index (χ3v) is 15.4. The lowest BCUT2D eigenvalue weighted by molar-refractivity contribution is -0.161. The Balaban J connectivity index is 5.15. The standard InChI is InChI=1S/C59H114O17P2/c1-6-9-12-15-17-19-20-21-22-23-24-26-28-35-40-45-59(64)76-55(49-70-57(62)43-38-33-30-29-32-36-41-52(4)5)51-74-78(67,68)72-47-53(60)46-71-77(65,66)73-50-54(48-69-56(61)42-37-31-14-11-8-3)75-58(63)44-39-34-27-25-18-16-13-10-7-2/h52-55,60H,6-51H2,1-5H3,(H,65,66)(H,67,68)/t53-,54+,55+/m0/s1. The van der Waals surface area contributed by atoms with E-state index in [0.717, 1.165) is 103 Å². The number of hydrogen-bond donors (Lipinski definition) is 3. The molecule has 0 aromatic rings. The van der Waals surface area contributed by atoms with Crippen LogP contribution in [-0.2, 0) is 65.4 Å². The van der Waals surface area contributed by atoms with Gasteiger partial charge in [0.05, 0.1) is 26.4 Å². The predicted octanol–water partition coefficient (Wildman–Crippen LogP) is 15.8. The van der Waals surface area contributed by atoms with Gasteiger partial charge in [0.1, 0.15) is 19.3 Å². The Kier molecular flexibility index (Phi) is 51.8. The van der Waals surface area contributed by atoms with Gasteiger partial charge in [-0.3, -0.25) is 37.3 Å². The molecule has 0 amide bonds. The van der Waals surface area contributed by atoms with E-state index >= 15 is 0 Å². The fourth-order valence-electron chi connectivity index (χ4n) is 8.70. The Hall–Kier alpha value is -1.94. The molecule has 0 saturated carbocycles. The zero-order chi connectivity index (χ0) is 57.8. The molecule has 0 aromatic heterocycles. The molecule has 17 nitrogen and oxygen atoms in total. The molecule has 5 atom stereocenters. The number of carbonyl (C=O) groups excluding carboxylic acids is 4. The number of esters is 4. The normalized spacial score (nSPS) is 14.4. The van der Waals surface area contributed by atoms with E-state index in [1.54, 1.807) is 0 Å². The molecule has 0 fully saturated rings. The fourth-order valence-corrected chi connectivity index (χ4v) is 10.3. The summed E-state index contributed by atoms with van der Waals surface area (Å²) in [6.45, 7) is 6.97. The van der Waals surface area contributed by atoms with Crippen molar-refractivity contribution < 1.29 is 80.2 Å². The first-order valence-electron chi connectivity index (χ1n) is 31.1. The monoisotopic (exact) mass is 1160 g/mol. The number of rotatable bonds is 59. The van der Waals surface area contributed by atoms with E-state index < -0.39 is 97.5 Å². The van der Waals surface area contributed by atoms with Crippen LogP contribution in [0.3, 0.4) is 0 Å². The molecule has 0 aliphatic heterocycles. The Morgan fingerprint density at radius 3 is 0.872 bits per heavy atom. The van der Waals surface area contributed by atoms with Gasteiger partial charge in [0.15, 0.2) is 12.2 Å². The van der Waals surface area contributed by atoms with Crippen LogP contribution < -0.4 is 0 Å². The van der Waals surface area contributed by atoms with E-state index in [2.05, 4.69) is 34.6 Å². The summed E-state index contributed by atoms with van der Waals surface area (Å²) in [6.07, 6.45) is 35.3. The Bertz CT molecular complexity index is 1530. The van der Waals surface area contributed by atoms with Gasteiger partial charge in [0.25, 0.3) is 0 Å². The number of phosphoric ester groups is 2. The molecular formula is C59H114O17P2. The highest BCUT2D eigenvalue weighted by Crippen LogP contribution is 2.45. The van der Waals surface area contributed by atoms with Crippen molar-refractivity contribution in [2.24, 2.45) is 5.92 Å². The van der Waals surface area contributed by atoms with Crippen LogP contribution in [0.2, 0.25) is 0 Å². The first-order valence-corrected chi connectivity index (χ1v) is 34.1. The molecular weight excluding hydrogens is 1040 g/mol. The molecule has 0 bridgehead atoms. The number of aliphatic hydroxyl groups excluding tert-OH is 1. The van der Waals surface area contributed by atoms with Crippen molar-refractivity contribution in [1.82, 2.24) is 0 Å². The van der Waals surface area contributed by atoms with Crippen LogP contribution >= 0.6 is 15.6 Å². The topological polar surface area (TPSA) is 237 Å². The molecule has 78 heavy (non-hydrogen) atoms. The lowest BCUT2D eigenvalue weighted by Crippen LogP contribution is -2.30. The molecule has 0 saturated heterocycles. The van der Waals surface area contributed by atoms with Gasteiger partial charge < -0.3 is 33.8 Å². The zero-order valence-corrected chi connectivity index (χ0v) is 51.6. The first kappa shape index (κ1) is 76.1. The molecule has 0 heterocycles. The summed E-state index contributed by atoms with van der Waals surface area (Å²) in [4.78, 5) is 71.6. The van der Waals surface area contributed by atoms with Crippen molar-refractivity contribution in [1.29, 1.82) is 0 Å². The smallest absolute Gasteiger partial charge is 0.462 e. The molecule has 0 radical (unpaired) electrons. The summed E-state index contributed by atoms with van der Waals surface area (Å²) in [5.41, 5.74) is 0. The van der Waals surface area contributed by atoms with Gasteiger partial charge in [-0.2, -0.15) is 0 Å². The van der Waals surface area contributed by atoms with Crippen LogP contribution in [0.4, 0.5) is 0 Å². The largest absolute Gasteiger partial charge is 0.472 e. The summed E-state index contributed by atoms with van der Waals surface area (Å²) in [7, 11) is -9.86. The lowest BCUT2D eigenvalue weighted by atomic mass is 10.0. The van der Waals surface area contributed by atoms with E-state index in [0.29, 0.717) is 31.6 Å². The summed E-state index contributed by atoms with van der Waals surface area (Å²) >= 11 is 0. The second-order valence-corrected chi connectivity index (χ2v) is 24.8. The van der Waals surface area contributed by atoms with Gasteiger partial charge in [-0.25, -0.2) is 9.13 Å². The van der Waals surface area contributed by atoms with Crippen LogP contribution in [-0.4, -0.2) is 96.7 Å². The first-order chi connectivity index (χ1) is 37.5. The minimum absolute atomic E-state index is 0.105. The fraction of sp³-hybridized carbons (Fsp3) is 0.932. The van der Waals surface area contributed by atoms with Crippen molar-refractivity contribution in [3.8, 4) is 0 Å². The van der Waals surface area contributed by atoms with E-state index in [1.807, 2.05) is 0 Å². The zero-order valence-electron chi connectivity index (χ0n) is 49.8. The van der Waals surface area contributed by atoms with Gasteiger partial charge in [-0.05, 0) is 31.6 Å². The quantitative estimate of drug-likeness (QED) is 0.0222. The summed E-state index contributed by atoms with van der Waals surface area (Å²) in [5, 5.41) is 10.5. The summed E-state index contributed by atoms with van der Waals surface area (Å²) in [6, 6.07) is 0. The van der Waals surface area contributed by atoms with Crippen LogP contribution in [0.5, 0.6) is 0 Å². The number of ether oxygens (including phenoxy) is 4. The van der Waals surface area contributed by atoms with Crippen molar-refractivity contribution in [2.75, 3.05) is 39.6 Å². The van der Waals surface area contributed by atoms with Gasteiger partial charge in [-0.15, -0.1) is 0 Å². The Morgan fingerprint density at radius 2 is 0.590 bits per heavy atom. The van der Waals surface area contributed by atoms with Crippen molar-refractivity contribution in [3.05, 3.63) is 0 Å². The molecule has 0 spiro atoms. The van der Waals surface area contributed by atoms with Crippen LogP contribution in [0.25, 0.3) is 0 Å². The highest BCUT2D eigenvalue weighted by molar-refractivity contribution is 7.47. The SMILES string of the molecule is CCCCCCCCCCCCCCCCCC(=O)O[C@H](COC(=O)CCCCCCCCC(C)C)COP(=O)(O)OC[C@@H](O)COP(=O)(O)OC[C@@H](COC(=O)CCCCCCC)OC(=O)CCCCCCCCCCC. The predicted molar refractivity (Wildman–Crippen MR) is 308 cm³/mol. The van der Waals surface area contributed by atoms with Crippen LogP contribution in [0.15, 0.2) is 0 Å². The minimum Gasteiger partial charge on any atom is -0.462 e. The van der Waals surface area contributed by atoms with Gasteiger partial charge >= 0.3 is 39.5 Å². The highest BCUT2D eigenvalue weighted by atomic mass is 31.2. The van der Waals surface area contributed by atoms with E-state index in [4.69, 9.17) is 37.0 Å². The van der Waals surface area contributed by atoms with Gasteiger partial charge in [-0.1, -0.05) is 240 Å². The van der Waals surface area contributed by atoms with Crippen LogP contribution in [0.1, 0.15) is 291 Å². The minimum atomic E-state index is -4.94. The number of unbranched alkanes of at least 4 members (excludes halogenated alkanes) is 31. The molecule has 0 rings (SSSR count). The molecule has 2 unspecified atom stereocenters. The average molecular weight is 1160 g/mol. The molecule has 0 aliphatic carbocycles. The maximum atomic E-state index is 12.9. The molecule has 19 heteroatoms.